The highest BCUT2D eigenvalue weighted by Gasteiger charge is 2.29. The summed E-state index contributed by atoms with van der Waals surface area (Å²) < 4.78 is 11.1. The molecule has 0 radical (unpaired) electrons. The van der Waals surface area contributed by atoms with Crippen LogP contribution < -0.4 is 0 Å². The van der Waals surface area contributed by atoms with Gasteiger partial charge in [-0.3, -0.25) is 0 Å². The first-order valence-corrected chi connectivity index (χ1v) is 5.18. The fourth-order valence-corrected chi connectivity index (χ4v) is 1.63. The van der Waals surface area contributed by atoms with Crippen molar-refractivity contribution < 1.29 is 9.47 Å². The van der Waals surface area contributed by atoms with E-state index in [0.717, 1.165) is 12.8 Å². The zero-order valence-electron chi connectivity index (χ0n) is 7.75. The minimum Gasteiger partial charge on any atom is -0.350 e. The van der Waals surface area contributed by atoms with Crippen molar-refractivity contribution in [1.82, 2.24) is 0 Å². The molecule has 2 nitrogen and oxygen atoms in total. The lowest BCUT2D eigenvalue weighted by Crippen LogP contribution is -2.21. The van der Waals surface area contributed by atoms with Gasteiger partial charge in [-0.05, 0) is 12.8 Å². The van der Waals surface area contributed by atoms with Gasteiger partial charge in [-0.1, -0.05) is 13.8 Å². The average Bonchev–Trinajstić information content (AvgIpc) is 2.55. The highest BCUT2D eigenvalue weighted by Crippen LogP contribution is 2.24. The van der Waals surface area contributed by atoms with Crippen molar-refractivity contribution in [1.29, 1.82) is 0 Å². The highest BCUT2D eigenvalue weighted by molar-refractivity contribution is 6.18. The SMILES string of the molecule is CCC(CC)C1OCC(CCl)O1. The van der Waals surface area contributed by atoms with Crippen molar-refractivity contribution in [2.24, 2.45) is 5.92 Å². The first-order valence-electron chi connectivity index (χ1n) is 4.64. The lowest BCUT2D eigenvalue weighted by molar-refractivity contribution is -0.0954. The van der Waals surface area contributed by atoms with E-state index in [2.05, 4.69) is 13.8 Å². The van der Waals surface area contributed by atoms with Crippen molar-refractivity contribution >= 4 is 11.6 Å². The number of hydrogen-bond donors (Lipinski definition) is 0. The molecule has 0 N–H and O–H groups in total. The van der Waals surface area contributed by atoms with Gasteiger partial charge in [0, 0.05) is 5.92 Å². The second kappa shape index (κ2) is 5.05. The van der Waals surface area contributed by atoms with Crippen molar-refractivity contribution in [2.45, 2.75) is 39.1 Å². The Morgan fingerprint density at radius 1 is 1.42 bits per heavy atom. The zero-order valence-corrected chi connectivity index (χ0v) is 8.51. The Kier molecular flexibility index (Phi) is 4.33. The lowest BCUT2D eigenvalue weighted by Gasteiger charge is -2.19. The fourth-order valence-electron chi connectivity index (χ4n) is 1.47. The van der Waals surface area contributed by atoms with Gasteiger partial charge in [-0.15, -0.1) is 11.6 Å². The van der Waals surface area contributed by atoms with E-state index < -0.39 is 0 Å². The summed E-state index contributed by atoms with van der Waals surface area (Å²) in [5.74, 6) is 1.06. The first kappa shape index (κ1) is 10.3. The molecule has 2 atom stereocenters. The van der Waals surface area contributed by atoms with Gasteiger partial charge in [0.25, 0.3) is 0 Å². The predicted molar refractivity (Wildman–Crippen MR) is 49.4 cm³/mol. The molecule has 1 saturated heterocycles. The third kappa shape index (κ3) is 2.35. The van der Waals surface area contributed by atoms with E-state index in [1.54, 1.807) is 0 Å². The molecule has 0 aromatic rings. The zero-order chi connectivity index (χ0) is 8.97. The lowest BCUT2D eigenvalue weighted by atomic mass is 10.0. The highest BCUT2D eigenvalue weighted by atomic mass is 35.5. The summed E-state index contributed by atoms with van der Waals surface area (Å²) in [6.07, 6.45) is 2.31. The Hall–Kier alpha value is 0.210. The molecule has 1 aliphatic rings. The number of alkyl halides is 1. The molecule has 0 spiro atoms. The normalized spacial score (nSPS) is 30.0. The van der Waals surface area contributed by atoms with Crippen LogP contribution in [-0.4, -0.2) is 24.9 Å². The monoisotopic (exact) mass is 192 g/mol. The van der Waals surface area contributed by atoms with Gasteiger partial charge >= 0.3 is 0 Å². The topological polar surface area (TPSA) is 18.5 Å². The van der Waals surface area contributed by atoms with Gasteiger partial charge < -0.3 is 9.47 Å². The maximum Gasteiger partial charge on any atom is 0.161 e. The number of ether oxygens (including phenoxy) is 2. The molecule has 0 amide bonds. The van der Waals surface area contributed by atoms with Crippen LogP contribution in [0.4, 0.5) is 0 Å². The van der Waals surface area contributed by atoms with Crippen LogP contribution in [0.1, 0.15) is 26.7 Å². The van der Waals surface area contributed by atoms with Crippen LogP contribution in [0.2, 0.25) is 0 Å². The molecule has 1 fully saturated rings. The molecule has 1 heterocycles. The van der Waals surface area contributed by atoms with Crippen LogP contribution in [0.25, 0.3) is 0 Å². The molecular weight excluding hydrogens is 176 g/mol. The molecule has 0 bridgehead atoms. The molecule has 2 unspecified atom stereocenters. The predicted octanol–water partition coefficient (Wildman–Crippen LogP) is 2.40. The molecule has 72 valence electrons. The van der Waals surface area contributed by atoms with Crippen molar-refractivity contribution in [3.63, 3.8) is 0 Å². The first-order chi connectivity index (χ1) is 5.81. The van der Waals surface area contributed by atoms with E-state index in [4.69, 9.17) is 21.1 Å². The van der Waals surface area contributed by atoms with Crippen LogP contribution in [0.3, 0.4) is 0 Å². The Labute approximate surface area is 79.2 Å². The fraction of sp³-hybridized carbons (Fsp3) is 1.00. The molecule has 0 aromatic carbocycles. The van der Waals surface area contributed by atoms with E-state index in [0.29, 0.717) is 18.4 Å². The van der Waals surface area contributed by atoms with E-state index in [-0.39, 0.29) is 12.4 Å². The Morgan fingerprint density at radius 2 is 2.08 bits per heavy atom. The van der Waals surface area contributed by atoms with Gasteiger partial charge in [0.05, 0.1) is 18.6 Å². The molecule has 3 heteroatoms. The minimum absolute atomic E-state index is 0.0104. The maximum atomic E-state index is 5.66. The third-order valence-electron chi connectivity index (χ3n) is 2.38. The minimum atomic E-state index is -0.0104. The Bertz CT molecular complexity index is 126. The van der Waals surface area contributed by atoms with Gasteiger partial charge in [-0.2, -0.15) is 0 Å². The summed E-state index contributed by atoms with van der Waals surface area (Å²) in [5.41, 5.74) is 0. The molecule has 12 heavy (non-hydrogen) atoms. The standard InChI is InChI=1S/C9H17ClO2/c1-3-7(4-2)9-11-6-8(5-10)12-9/h7-9H,3-6H2,1-2H3. The summed E-state index contributed by atoms with van der Waals surface area (Å²) in [7, 11) is 0. The van der Waals surface area contributed by atoms with Gasteiger partial charge in [0.2, 0.25) is 0 Å². The molecule has 1 aliphatic heterocycles. The molecule has 1 rings (SSSR count). The second-order valence-corrected chi connectivity index (χ2v) is 3.50. The van der Waals surface area contributed by atoms with E-state index >= 15 is 0 Å². The quantitative estimate of drug-likeness (QED) is 0.637. The van der Waals surface area contributed by atoms with Gasteiger partial charge in [0.15, 0.2) is 6.29 Å². The van der Waals surface area contributed by atoms with Crippen LogP contribution in [0.15, 0.2) is 0 Å². The third-order valence-corrected chi connectivity index (χ3v) is 2.72. The molecule has 0 aliphatic carbocycles. The van der Waals surface area contributed by atoms with Gasteiger partial charge in [-0.25, -0.2) is 0 Å². The average molecular weight is 193 g/mol. The summed E-state index contributed by atoms with van der Waals surface area (Å²) in [6, 6.07) is 0. The molecular formula is C9H17ClO2. The maximum absolute atomic E-state index is 5.66. The van der Waals surface area contributed by atoms with E-state index in [1.165, 1.54) is 0 Å². The van der Waals surface area contributed by atoms with Crippen molar-refractivity contribution in [3.8, 4) is 0 Å². The molecule has 0 saturated carbocycles. The summed E-state index contributed by atoms with van der Waals surface area (Å²) in [4.78, 5) is 0. The van der Waals surface area contributed by atoms with E-state index in [1.807, 2.05) is 0 Å². The Morgan fingerprint density at radius 3 is 2.50 bits per heavy atom. The van der Waals surface area contributed by atoms with Crippen molar-refractivity contribution in [2.75, 3.05) is 12.5 Å². The van der Waals surface area contributed by atoms with Crippen LogP contribution in [0.5, 0.6) is 0 Å². The number of halogens is 1. The summed E-state index contributed by atoms with van der Waals surface area (Å²) in [5, 5.41) is 0. The summed E-state index contributed by atoms with van der Waals surface area (Å²) >= 11 is 5.66. The van der Waals surface area contributed by atoms with E-state index in [9.17, 15) is 0 Å². The second-order valence-electron chi connectivity index (χ2n) is 3.19. The van der Waals surface area contributed by atoms with Crippen molar-refractivity contribution in [3.05, 3.63) is 0 Å². The van der Waals surface area contributed by atoms with Crippen LogP contribution >= 0.6 is 11.6 Å². The smallest absolute Gasteiger partial charge is 0.161 e. The molecule has 0 aromatic heterocycles. The number of hydrogen-bond acceptors (Lipinski definition) is 2. The van der Waals surface area contributed by atoms with Crippen LogP contribution in [0, 0.1) is 5.92 Å². The van der Waals surface area contributed by atoms with Gasteiger partial charge in [0.1, 0.15) is 0 Å². The Balaban J connectivity index is 2.34. The summed E-state index contributed by atoms with van der Waals surface area (Å²) in [6.45, 7) is 4.98. The number of rotatable bonds is 4. The largest absolute Gasteiger partial charge is 0.350 e. The van der Waals surface area contributed by atoms with Crippen LogP contribution in [-0.2, 0) is 9.47 Å².